The molecule has 2 saturated heterocycles. The first kappa shape index (κ1) is 42.4. The van der Waals surface area contributed by atoms with Crippen molar-refractivity contribution in [2.75, 3.05) is 47.0 Å². The summed E-state index contributed by atoms with van der Waals surface area (Å²) >= 11 is 4.87. The summed E-state index contributed by atoms with van der Waals surface area (Å²) in [6.07, 6.45) is 0.970. The highest BCUT2D eigenvalue weighted by atomic mass is 79.9. The summed E-state index contributed by atoms with van der Waals surface area (Å²) < 4.78 is 43.4. The van der Waals surface area contributed by atoms with Crippen LogP contribution in [0.5, 0.6) is 40.2 Å². The molecule has 332 valence electrons. The number of nitrogens with one attached hydrogen (secondary N) is 1. The lowest BCUT2D eigenvalue weighted by Crippen LogP contribution is -2.69. The van der Waals surface area contributed by atoms with E-state index in [9.17, 15) is 20.0 Å². The van der Waals surface area contributed by atoms with Gasteiger partial charge in [-0.25, -0.2) is 9.59 Å². The van der Waals surface area contributed by atoms with Crippen molar-refractivity contribution >= 4 is 45.6 Å². The van der Waals surface area contributed by atoms with Gasteiger partial charge in [0.15, 0.2) is 40.0 Å². The number of hydrogen-bond donors (Lipinski definition) is 2. The normalized spacial score (nSPS) is 26.4. The lowest BCUT2D eigenvalue weighted by molar-refractivity contribution is -0.157. The molecule has 64 heavy (non-hydrogen) atoms. The number of esters is 3. The molecule has 4 bridgehead atoms. The summed E-state index contributed by atoms with van der Waals surface area (Å²) in [4.78, 5) is 45.9. The number of rotatable bonds is 5. The van der Waals surface area contributed by atoms with E-state index >= 15 is 4.79 Å². The van der Waals surface area contributed by atoms with Gasteiger partial charge in [0.2, 0.25) is 6.79 Å². The second-order valence-electron chi connectivity index (χ2n) is 17.0. The van der Waals surface area contributed by atoms with E-state index in [1.54, 1.807) is 36.4 Å². The van der Waals surface area contributed by atoms with Gasteiger partial charge in [-0.15, -0.1) is 11.8 Å². The van der Waals surface area contributed by atoms with E-state index in [0.717, 1.165) is 21.2 Å². The van der Waals surface area contributed by atoms with Crippen molar-refractivity contribution in [1.29, 1.82) is 5.26 Å². The first-order valence-corrected chi connectivity index (χ1v) is 22.8. The number of carbonyl (C=O) groups is 3. The number of ether oxygens (including phenoxy) is 7. The second-order valence-corrected chi connectivity index (χ2v) is 19.0. The van der Waals surface area contributed by atoms with Crippen molar-refractivity contribution in [3.63, 3.8) is 0 Å². The quantitative estimate of drug-likeness (QED) is 0.169. The molecule has 4 aromatic carbocycles. The average molecular weight is 954 g/mol. The van der Waals surface area contributed by atoms with Gasteiger partial charge in [0.1, 0.15) is 18.4 Å². The minimum atomic E-state index is -1.44. The standard InChI is InChI=1S/C47H45BrN4O11S/c1-21-13-26-14-29-30(17-49)52-31-18-59-46(56)47(28-16-32(57-5)33(15-25(28)11-12-50-47)63-45(55)24-7-9-27(48)10-8-24)19-64-44(38(52)37(51(29)4)34(26)39(54)40(21)58-6)36-35(31)43-42(60-20-61-43)22(2)41(36)62-23(3)53/h7-10,13,15-16,29-31,37-38,44,50,54H,11-12,14,18-20H2,1-6H3/t29-,30-,31-,37+,38+,44+,47+/m0/s1. The van der Waals surface area contributed by atoms with Crippen molar-refractivity contribution in [1.82, 2.24) is 15.1 Å². The van der Waals surface area contributed by atoms with Crippen LogP contribution >= 0.6 is 27.7 Å². The Morgan fingerprint density at radius 1 is 0.984 bits per heavy atom. The van der Waals surface area contributed by atoms with E-state index in [1.807, 2.05) is 27.0 Å². The highest BCUT2D eigenvalue weighted by Gasteiger charge is 2.62. The summed E-state index contributed by atoms with van der Waals surface area (Å²) in [5.74, 6) is 0.465. The molecule has 7 aliphatic heterocycles. The van der Waals surface area contributed by atoms with Gasteiger partial charge in [-0.2, -0.15) is 5.26 Å². The zero-order valence-electron chi connectivity index (χ0n) is 35.9. The number of thioether (sulfide) groups is 1. The SMILES string of the molecule is COc1cc2c(cc1OC(=O)c1ccc(Br)cc1)CCN[C@]21CS[C@@H]2c3c(OC(C)=O)c(C)c4c(c3[C@H](COC1=O)N1[C@@H]2[C@H]2c3c(cc(C)c(OC)c3O)C[C@@H]([C@@H]1C#N)N2C)OCO4. The van der Waals surface area contributed by atoms with E-state index in [2.05, 4.69) is 37.1 Å². The van der Waals surface area contributed by atoms with Gasteiger partial charge in [0.25, 0.3) is 0 Å². The highest BCUT2D eigenvalue weighted by molar-refractivity contribution is 9.10. The van der Waals surface area contributed by atoms with Crippen LogP contribution in [0, 0.1) is 25.2 Å². The Hall–Kier alpha value is -5.51. The summed E-state index contributed by atoms with van der Waals surface area (Å²) in [6, 6.07) is 12.1. The Kier molecular flexibility index (Phi) is 10.5. The van der Waals surface area contributed by atoms with E-state index in [-0.39, 0.29) is 42.4 Å². The lowest BCUT2D eigenvalue weighted by Gasteiger charge is -2.62. The van der Waals surface area contributed by atoms with Crippen LogP contribution in [0.25, 0.3) is 0 Å². The molecule has 7 heterocycles. The number of methoxy groups -OCH3 is 2. The number of phenolic OH excluding ortho intramolecular Hbond substituents is 1. The molecule has 2 fully saturated rings. The van der Waals surface area contributed by atoms with Gasteiger partial charge in [-0.3, -0.25) is 19.9 Å². The maximum atomic E-state index is 15.1. The third-order valence-corrected chi connectivity index (χ3v) is 15.7. The zero-order valence-corrected chi connectivity index (χ0v) is 38.3. The number of nitriles is 1. The van der Waals surface area contributed by atoms with Gasteiger partial charge < -0.3 is 38.3 Å². The number of likely N-dealkylation sites (N-methyl/N-ethyl adjacent to an activating group) is 1. The van der Waals surface area contributed by atoms with Gasteiger partial charge in [-0.05, 0) is 92.4 Å². The fourth-order valence-corrected chi connectivity index (χ4v) is 13.0. The van der Waals surface area contributed by atoms with Crippen LogP contribution < -0.4 is 33.7 Å². The Balaban J connectivity index is 1.17. The molecular weight excluding hydrogens is 909 g/mol. The van der Waals surface area contributed by atoms with Crippen LogP contribution in [-0.4, -0.2) is 97.9 Å². The van der Waals surface area contributed by atoms with Gasteiger partial charge in [0.05, 0.1) is 43.2 Å². The molecule has 0 radical (unpaired) electrons. The molecule has 0 saturated carbocycles. The molecule has 4 aromatic rings. The smallest absolute Gasteiger partial charge is 0.343 e. The molecule has 7 atom stereocenters. The highest BCUT2D eigenvalue weighted by Crippen LogP contribution is 2.64. The number of benzene rings is 4. The first-order chi connectivity index (χ1) is 30.8. The Labute approximate surface area is 381 Å². The number of piperazine rings is 1. The van der Waals surface area contributed by atoms with E-state index < -0.39 is 52.9 Å². The Morgan fingerprint density at radius 2 is 1.75 bits per heavy atom. The maximum absolute atomic E-state index is 15.1. The summed E-state index contributed by atoms with van der Waals surface area (Å²) in [7, 11) is 4.99. The molecule has 0 aromatic heterocycles. The molecule has 15 nitrogen and oxygen atoms in total. The van der Waals surface area contributed by atoms with Crippen LogP contribution in [0.15, 0.2) is 46.9 Å². The lowest BCUT2D eigenvalue weighted by atomic mass is 9.71. The number of halogens is 1. The molecule has 1 spiro atoms. The average Bonchev–Trinajstić information content (AvgIpc) is 3.77. The molecule has 0 amide bonds. The van der Waals surface area contributed by atoms with Gasteiger partial charge >= 0.3 is 17.9 Å². The van der Waals surface area contributed by atoms with Crippen molar-refractivity contribution in [2.24, 2.45) is 0 Å². The van der Waals surface area contributed by atoms with Crippen LogP contribution in [-0.2, 0) is 32.7 Å². The molecular formula is C47H45BrN4O11S. The van der Waals surface area contributed by atoms with Gasteiger partial charge in [-0.1, -0.05) is 22.0 Å². The third kappa shape index (κ3) is 6.28. The van der Waals surface area contributed by atoms with Crippen molar-refractivity contribution < 1.29 is 52.6 Å². The van der Waals surface area contributed by atoms with Crippen LogP contribution in [0.2, 0.25) is 0 Å². The number of nitrogens with zero attached hydrogens (tertiary/aromatic N) is 3. The molecule has 0 unspecified atom stereocenters. The van der Waals surface area contributed by atoms with Crippen LogP contribution in [0.1, 0.15) is 79.1 Å². The largest absolute Gasteiger partial charge is 0.504 e. The molecule has 11 rings (SSSR count). The monoisotopic (exact) mass is 952 g/mol. The summed E-state index contributed by atoms with van der Waals surface area (Å²) in [6.45, 7) is 5.15. The number of aryl methyl sites for hydroxylation is 1. The predicted molar refractivity (Wildman–Crippen MR) is 235 cm³/mol. The Bertz CT molecular complexity index is 2710. The maximum Gasteiger partial charge on any atom is 0.343 e. The van der Waals surface area contributed by atoms with E-state index in [0.29, 0.717) is 75.8 Å². The predicted octanol–water partition coefficient (Wildman–Crippen LogP) is 6.26. The molecule has 7 aliphatic rings. The Morgan fingerprint density at radius 3 is 2.47 bits per heavy atom. The second kappa shape index (κ2) is 15.9. The number of hydrogen-bond acceptors (Lipinski definition) is 16. The summed E-state index contributed by atoms with van der Waals surface area (Å²) in [5, 5.41) is 26.3. The number of fused-ring (bicyclic) bond motifs is 9. The summed E-state index contributed by atoms with van der Waals surface area (Å²) in [5.41, 5.74) is 4.51. The van der Waals surface area contributed by atoms with E-state index in [4.69, 9.17) is 33.2 Å². The number of carbonyl (C=O) groups excluding carboxylic acids is 3. The fourth-order valence-electron chi connectivity index (χ4n) is 11.0. The number of aromatic hydroxyl groups is 1. The zero-order chi connectivity index (χ0) is 44.9. The van der Waals surface area contributed by atoms with E-state index in [1.165, 1.54) is 32.9 Å². The van der Waals surface area contributed by atoms with Crippen molar-refractivity contribution in [3.05, 3.63) is 97.0 Å². The molecule has 17 heteroatoms. The van der Waals surface area contributed by atoms with Crippen molar-refractivity contribution in [3.8, 4) is 46.3 Å². The minimum absolute atomic E-state index is 0.0259. The minimum Gasteiger partial charge on any atom is -0.504 e. The topological polar surface area (TPSA) is 178 Å². The fraction of sp³-hybridized carbons (Fsp3) is 0.404. The molecule has 2 N–H and O–H groups in total. The van der Waals surface area contributed by atoms with Crippen molar-refractivity contribution in [2.45, 2.75) is 74.6 Å². The number of phenols is 1. The van der Waals surface area contributed by atoms with Gasteiger partial charge in [0, 0.05) is 58.0 Å². The van der Waals surface area contributed by atoms with Crippen LogP contribution in [0.3, 0.4) is 0 Å². The van der Waals surface area contributed by atoms with Crippen LogP contribution in [0.4, 0.5) is 0 Å². The third-order valence-electron chi connectivity index (χ3n) is 13.7. The first-order valence-electron chi connectivity index (χ1n) is 21.0. The molecule has 0 aliphatic carbocycles.